The number of nitrogens with zero attached hydrogens (tertiary/aromatic N) is 1. The van der Waals surface area contributed by atoms with E-state index in [4.69, 9.17) is 4.74 Å². The Balaban J connectivity index is 2.50. The summed E-state index contributed by atoms with van der Waals surface area (Å²) in [5.41, 5.74) is 0.731. The fraction of sp³-hybridized carbons (Fsp3) is 0.417. The summed E-state index contributed by atoms with van der Waals surface area (Å²) in [6.07, 6.45) is 0.396. The molecular formula is C12H17FN2O2. The summed E-state index contributed by atoms with van der Waals surface area (Å²) in [6.45, 7) is 0.506. The Hall–Kier alpha value is -1.78. The lowest BCUT2D eigenvalue weighted by Gasteiger charge is -2.11. The molecule has 1 rings (SSSR count). The summed E-state index contributed by atoms with van der Waals surface area (Å²) in [7, 11) is 4.84. The summed E-state index contributed by atoms with van der Waals surface area (Å²) in [6, 6.07) is 4.50. The number of ether oxygens (including phenoxy) is 1. The van der Waals surface area contributed by atoms with Gasteiger partial charge in [-0.2, -0.15) is 0 Å². The van der Waals surface area contributed by atoms with E-state index < -0.39 is 5.82 Å². The van der Waals surface area contributed by atoms with Crippen LogP contribution in [0.2, 0.25) is 0 Å². The molecule has 0 bridgehead atoms. The van der Waals surface area contributed by atoms with Crippen LogP contribution in [0.5, 0.6) is 5.75 Å². The van der Waals surface area contributed by atoms with E-state index in [0.29, 0.717) is 13.0 Å². The summed E-state index contributed by atoms with van der Waals surface area (Å²) >= 11 is 0. The fourth-order valence-corrected chi connectivity index (χ4v) is 1.31. The molecule has 0 heterocycles. The van der Waals surface area contributed by atoms with Crippen molar-refractivity contribution in [3.63, 3.8) is 0 Å². The largest absolute Gasteiger partial charge is 0.494 e. The standard InChI is InChI=1S/C12H17FN2O2/c1-15(2)12(16)6-7-14-9-4-5-10(13)11(8-9)17-3/h4-5,8,14H,6-7H2,1-3H3. The molecule has 0 radical (unpaired) electrons. The first-order valence-corrected chi connectivity index (χ1v) is 5.32. The van der Waals surface area contributed by atoms with Gasteiger partial charge in [0.25, 0.3) is 0 Å². The average molecular weight is 240 g/mol. The number of hydrogen-bond donors (Lipinski definition) is 1. The van der Waals surface area contributed by atoms with Gasteiger partial charge in [0, 0.05) is 38.8 Å². The quantitative estimate of drug-likeness (QED) is 0.852. The van der Waals surface area contributed by atoms with E-state index in [1.807, 2.05) is 0 Å². The Bertz CT molecular complexity index is 394. The van der Waals surface area contributed by atoms with Crippen molar-refractivity contribution >= 4 is 11.6 Å². The first-order chi connectivity index (χ1) is 8.04. The van der Waals surface area contributed by atoms with Crippen LogP contribution in [0.25, 0.3) is 0 Å². The van der Waals surface area contributed by atoms with Crippen LogP contribution in [0.15, 0.2) is 18.2 Å². The maximum absolute atomic E-state index is 13.1. The van der Waals surface area contributed by atoms with E-state index in [-0.39, 0.29) is 11.7 Å². The molecule has 0 aliphatic heterocycles. The number of halogens is 1. The molecule has 0 saturated heterocycles. The van der Waals surface area contributed by atoms with Crippen LogP contribution >= 0.6 is 0 Å². The average Bonchev–Trinajstić information content (AvgIpc) is 2.31. The van der Waals surface area contributed by atoms with E-state index >= 15 is 0 Å². The Morgan fingerprint density at radius 1 is 1.47 bits per heavy atom. The van der Waals surface area contributed by atoms with Gasteiger partial charge in [-0.1, -0.05) is 0 Å². The zero-order chi connectivity index (χ0) is 12.8. The molecule has 5 heteroatoms. The number of carbonyl (C=O) groups excluding carboxylic acids is 1. The second kappa shape index (κ2) is 6.08. The second-order valence-electron chi connectivity index (χ2n) is 3.81. The van der Waals surface area contributed by atoms with Gasteiger partial charge in [-0.05, 0) is 12.1 Å². The number of hydrogen-bond acceptors (Lipinski definition) is 3. The van der Waals surface area contributed by atoms with Crippen molar-refractivity contribution in [2.45, 2.75) is 6.42 Å². The van der Waals surface area contributed by atoms with E-state index in [1.165, 1.54) is 18.1 Å². The molecule has 0 fully saturated rings. The lowest BCUT2D eigenvalue weighted by Crippen LogP contribution is -2.23. The molecule has 94 valence electrons. The van der Waals surface area contributed by atoms with Crippen molar-refractivity contribution in [3.05, 3.63) is 24.0 Å². The Kier molecular flexibility index (Phi) is 4.75. The molecule has 4 nitrogen and oxygen atoms in total. The summed E-state index contributed by atoms with van der Waals surface area (Å²) in [5, 5.41) is 3.04. The third kappa shape index (κ3) is 3.94. The Morgan fingerprint density at radius 2 is 2.18 bits per heavy atom. The summed E-state index contributed by atoms with van der Waals surface area (Å²) in [4.78, 5) is 12.8. The van der Waals surface area contributed by atoms with Gasteiger partial charge in [-0.25, -0.2) is 4.39 Å². The van der Waals surface area contributed by atoms with Crippen molar-refractivity contribution in [1.29, 1.82) is 0 Å². The van der Waals surface area contributed by atoms with Crippen LogP contribution in [0.4, 0.5) is 10.1 Å². The lowest BCUT2D eigenvalue weighted by atomic mass is 10.2. The van der Waals surface area contributed by atoms with E-state index in [0.717, 1.165) is 5.69 Å². The zero-order valence-corrected chi connectivity index (χ0v) is 10.3. The minimum absolute atomic E-state index is 0.0478. The molecule has 1 amide bonds. The summed E-state index contributed by atoms with van der Waals surface area (Å²) in [5.74, 6) is -0.164. The Morgan fingerprint density at radius 3 is 2.76 bits per heavy atom. The number of carbonyl (C=O) groups is 1. The highest BCUT2D eigenvalue weighted by molar-refractivity contribution is 5.76. The number of nitrogens with one attached hydrogen (secondary N) is 1. The van der Waals surface area contributed by atoms with Crippen LogP contribution in [-0.4, -0.2) is 38.6 Å². The monoisotopic (exact) mass is 240 g/mol. The van der Waals surface area contributed by atoms with Crippen LogP contribution in [0.3, 0.4) is 0 Å². The van der Waals surface area contributed by atoms with Gasteiger partial charge in [-0.3, -0.25) is 4.79 Å². The van der Waals surface area contributed by atoms with Crippen molar-refractivity contribution in [2.75, 3.05) is 33.1 Å². The number of anilines is 1. The predicted octanol–water partition coefficient (Wildman–Crippen LogP) is 1.72. The third-order valence-corrected chi connectivity index (χ3v) is 2.32. The molecule has 0 unspecified atom stereocenters. The van der Waals surface area contributed by atoms with Gasteiger partial charge in [0.2, 0.25) is 5.91 Å². The van der Waals surface area contributed by atoms with Crippen molar-refractivity contribution in [1.82, 2.24) is 4.90 Å². The van der Waals surface area contributed by atoms with Gasteiger partial charge < -0.3 is 15.0 Å². The second-order valence-corrected chi connectivity index (χ2v) is 3.81. The third-order valence-electron chi connectivity index (χ3n) is 2.32. The molecule has 0 aliphatic carbocycles. The van der Waals surface area contributed by atoms with Crippen molar-refractivity contribution < 1.29 is 13.9 Å². The normalized spacial score (nSPS) is 9.88. The van der Waals surface area contributed by atoms with E-state index in [2.05, 4.69) is 5.32 Å². The maximum atomic E-state index is 13.1. The molecule has 0 spiro atoms. The molecule has 0 aliphatic rings. The molecule has 1 aromatic rings. The number of amides is 1. The number of rotatable bonds is 5. The molecule has 17 heavy (non-hydrogen) atoms. The first-order valence-electron chi connectivity index (χ1n) is 5.32. The minimum Gasteiger partial charge on any atom is -0.494 e. The van der Waals surface area contributed by atoms with Crippen molar-refractivity contribution in [2.24, 2.45) is 0 Å². The highest BCUT2D eigenvalue weighted by Gasteiger charge is 2.05. The lowest BCUT2D eigenvalue weighted by molar-refractivity contribution is -0.128. The van der Waals surface area contributed by atoms with Gasteiger partial charge >= 0.3 is 0 Å². The maximum Gasteiger partial charge on any atom is 0.223 e. The van der Waals surface area contributed by atoms with Crippen LogP contribution in [-0.2, 0) is 4.79 Å². The zero-order valence-electron chi connectivity index (χ0n) is 10.3. The summed E-state index contributed by atoms with van der Waals surface area (Å²) < 4.78 is 18.0. The van der Waals surface area contributed by atoms with E-state index in [1.54, 1.807) is 26.2 Å². The fourth-order valence-electron chi connectivity index (χ4n) is 1.31. The molecule has 1 N–H and O–H groups in total. The molecule has 1 aromatic carbocycles. The van der Waals surface area contributed by atoms with Gasteiger partial charge in [-0.15, -0.1) is 0 Å². The highest BCUT2D eigenvalue weighted by atomic mass is 19.1. The topological polar surface area (TPSA) is 41.6 Å². The van der Waals surface area contributed by atoms with Crippen molar-refractivity contribution in [3.8, 4) is 5.75 Å². The molecule has 0 saturated carbocycles. The van der Waals surface area contributed by atoms with Gasteiger partial charge in [0.05, 0.1) is 7.11 Å². The number of benzene rings is 1. The van der Waals surface area contributed by atoms with Crippen LogP contribution in [0, 0.1) is 5.82 Å². The molecular weight excluding hydrogens is 223 g/mol. The number of methoxy groups -OCH3 is 1. The predicted molar refractivity (Wildman–Crippen MR) is 64.8 cm³/mol. The van der Waals surface area contributed by atoms with Gasteiger partial charge in [0.1, 0.15) is 0 Å². The smallest absolute Gasteiger partial charge is 0.223 e. The van der Waals surface area contributed by atoms with Crippen LogP contribution < -0.4 is 10.1 Å². The molecule has 0 atom stereocenters. The SMILES string of the molecule is COc1cc(NCCC(=O)N(C)C)ccc1F. The first kappa shape index (κ1) is 13.3. The highest BCUT2D eigenvalue weighted by Crippen LogP contribution is 2.21. The van der Waals surface area contributed by atoms with E-state index in [9.17, 15) is 9.18 Å². The molecule has 0 aromatic heterocycles. The van der Waals surface area contributed by atoms with Gasteiger partial charge in [0.15, 0.2) is 11.6 Å². The van der Waals surface area contributed by atoms with Crippen LogP contribution in [0.1, 0.15) is 6.42 Å². The Labute approximate surface area is 100 Å². The minimum atomic E-state index is -0.401.